The van der Waals surface area contributed by atoms with Gasteiger partial charge in [-0.3, -0.25) is 0 Å². The number of hydrogen-bond acceptors (Lipinski definition) is 3. The molecule has 7 aromatic carbocycles. The van der Waals surface area contributed by atoms with Crippen LogP contribution in [0, 0.1) is 0 Å². The van der Waals surface area contributed by atoms with Crippen LogP contribution >= 0.6 is 0 Å². The van der Waals surface area contributed by atoms with Gasteiger partial charge in [0.25, 0.3) is 6.71 Å². The van der Waals surface area contributed by atoms with E-state index in [1.165, 1.54) is 38.4 Å². The van der Waals surface area contributed by atoms with Gasteiger partial charge in [0.15, 0.2) is 0 Å². The number of hydrogen-bond donors (Lipinski definition) is 0. The van der Waals surface area contributed by atoms with Crippen molar-refractivity contribution in [3.05, 3.63) is 163 Å². The summed E-state index contributed by atoms with van der Waals surface area (Å²) in [5, 5.41) is 2.44. The zero-order chi connectivity index (χ0) is 32.4. The van der Waals surface area contributed by atoms with Crippen molar-refractivity contribution in [3.63, 3.8) is 0 Å². The smallest absolute Gasteiger partial charge is 0.257 e. The lowest BCUT2D eigenvalue weighted by atomic mass is 9.33. The van der Waals surface area contributed by atoms with Crippen LogP contribution in [-0.4, -0.2) is 6.71 Å². The van der Waals surface area contributed by atoms with Crippen LogP contribution in [-0.2, 0) is 5.41 Å². The summed E-state index contributed by atoms with van der Waals surface area (Å²) in [5.41, 5.74) is 11.9. The van der Waals surface area contributed by atoms with Crippen molar-refractivity contribution in [1.29, 1.82) is 0 Å². The molecule has 0 aromatic heterocycles. The quantitative estimate of drug-likeness (QED) is 0.183. The molecule has 230 valence electrons. The SMILES string of the molecule is CC(C)(C)c1ccc(N2c3cccc4c3B(c3ccccc3O4)c3c2cc(N(c2ccccc2)c2ccccc2)c2ccccc32)cc1. The number of benzene rings is 7. The Morgan fingerprint density at radius 1 is 0.542 bits per heavy atom. The van der Waals surface area contributed by atoms with Crippen LogP contribution in [0.3, 0.4) is 0 Å². The van der Waals surface area contributed by atoms with Crippen molar-refractivity contribution >= 4 is 68.0 Å². The van der Waals surface area contributed by atoms with E-state index in [1.54, 1.807) is 0 Å². The van der Waals surface area contributed by atoms with Gasteiger partial charge in [0.05, 0.1) is 5.69 Å². The molecule has 2 aliphatic rings. The molecule has 2 heterocycles. The third kappa shape index (κ3) is 4.44. The Labute approximate surface area is 282 Å². The summed E-state index contributed by atoms with van der Waals surface area (Å²) >= 11 is 0. The molecule has 9 rings (SSSR count). The highest BCUT2D eigenvalue weighted by molar-refractivity contribution is 7.00. The molecule has 0 saturated carbocycles. The number of fused-ring (bicyclic) bond motifs is 6. The van der Waals surface area contributed by atoms with Crippen LogP contribution in [0.5, 0.6) is 11.5 Å². The van der Waals surface area contributed by atoms with E-state index in [0.29, 0.717) is 0 Å². The Balaban J connectivity index is 1.39. The monoisotopic (exact) mass is 618 g/mol. The lowest BCUT2D eigenvalue weighted by Crippen LogP contribution is -2.59. The second kappa shape index (κ2) is 10.9. The zero-order valence-electron chi connectivity index (χ0n) is 27.4. The minimum Gasteiger partial charge on any atom is -0.458 e. The first kappa shape index (κ1) is 28.5. The van der Waals surface area contributed by atoms with Gasteiger partial charge in [-0.05, 0) is 93.4 Å². The molecule has 0 N–H and O–H groups in total. The summed E-state index contributed by atoms with van der Waals surface area (Å²) in [4.78, 5) is 4.85. The van der Waals surface area contributed by atoms with Crippen LogP contribution in [0.25, 0.3) is 10.8 Å². The Kier molecular flexibility index (Phi) is 6.48. The van der Waals surface area contributed by atoms with Crippen molar-refractivity contribution in [3.8, 4) is 11.5 Å². The van der Waals surface area contributed by atoms with Gasteiger partial charge in [-0.15, -0.1) is 0 Å². The lowest BCUT2D eigenvalue weighted by Gasteiger charge is -2.41. The second-order valence-electron chi connectivity index (χ2n) is 13.8. The van der Waals surface area contributed by atoms with Gasteiger partial charge >= 0.3 is 0 Å². The maximum atomic E-state index is 6.64. The highest BCUT2D eigenvalue weighted by atomic mass is 16.5. The third-order valence-corrected chi connectivity index (χ3v) is 9.86. The number of nitrogens with zero attached hydrogens (tertiary/aromatic N) is 2. The fourth-order valence-electron chi connectivity index (χ4n) is 7.63. The molecule has 3 nitrogen and oxygen atoms in total. The molecule has 0 atom stereocenters. The third-order valence-electron chi connectivity index (χ3n) is 9.86. The Morgan fingerprint density at radius 3 is 1.83 bits per heavy atom. The molecule has 0 unspecified atom stereocenters. The summed E-state index contributed by atoms with van der Waals surface area (Å²) in [5.74, 6) is 1.84. The maximum Gasteiger partial charge on any atom is 0.257 e. The molecule has 0 amide bonds. The molecule has 7 aromatic rings. The average Bonchev–Trinajstić information content (AvgIpc) is 3.12. The summed E-state index contributed by atoms with van der Waals surface area (Å²) in [6.45, 7) is 6.82. The first-order valence-electron chi connectivity index (χ1n) is 16.7. The van der Waals surface area contributed by atoms with E-state index in [-0.39, 0.29) is 12.1 Å². The van der Waals surface area contributed by atoms with Crippen molar-refractivity contribution in [2.75, 3.05) is 9.80 Å². The molecule has 0 saturated heterocycles. The van der Waals surface area contributed by atoms with Crippen molar-refractivity contribution < 1.29 is 4.74 Å². The first-order valence-corrected chi connectivity index (χ1v) is 16.7. The van der Waals surface area contributed by atoms with E-state index in [0.717, 1.165) is 39.9 Å². The van der Waals surface area contributed by atoms with Crippen LogP contribution in [0.15, 0.2) is 158 Å². The second-order valence-corrected chi connectivity index (χ2v) is 13.8. The molecular formula is C44H35BN2O. The first-order chi connectivity index (χ1) is 23.5. The Morgan fingerprint density at radius 2 is 1.15 bits per heavy atom. The standard InChI is InChI=1S/C44H35BN2O/c1-44(2,3)30-25-27-33(28-26-30)47-37-22-14-24-41-43(37)45(36-21-12-13-23-40(36)48-41)42-35-20-11-10-19-34(35)38(29-39(42)47)46(31-15-6-4-7-16-31)32-17-8-5-9-18-32/h4-29H,1-3H3. The summed E-state index contributed by atoms with van der Waals surface area (Å²) in [6, 6.07) is 56.9. The highest BCUT2D eigenvalue weighted by Gasteiger charge is 2.43. The molecule has 4 heteroatoms. The average molecular weight is 619 g/mol. The molecule has 0 radical (unpaired) electrons. The van der Waals surface area contributed by atoms with E-state index >= 15 is 0 Å². The van der Waals surface area contributed by atoms with Crippen LogP contribution < -0.4 is 30.9 Å². The van der Waals surface area contributed by atoms with E-state index in [9.17, 15) is 0 Å². The number of rotatable bonds is 4. The molecular weight excluding hydrogens is 583 g/mol. The number of para-hydroxylation sites is 3. The Bertz CT molecular complexity index is 2270. The van der Waals surface area contributed by atoms with E-state index < -0.39 is 0 Å². The highest BCUT2D eigenvalue weighted by Crippen LogP contribution is 2.47. The molecule has 0 fully saturated rings. The molecule has 0 bridgehead atoms. The van der Waals surface area contributed by atoms with Crippen LogP contribution in [0.4, 0.5) is 34.1 Å². The number of ether oxygens (including phenoxy) is 1. The topological polar surface area (TPSA) is 15.7 Å². The van der Waals surface area contributed by atoms with Gasteiger partial charge in [0.2, 0.25) is 0 Å². The summed E-state index contributed by atoms with van der Waals surface area (Å²) in [7, 11) is 0. The van der Waals surface area contributed by atoms with E-state index in [1.807, 2.05) is 0 Å². The minimum atomic E-state index is 0.0158. The molecule has 0 spiro atoms. The van der Waals surface area contributed by atoms with Gasteiger partial charge < -0.3 is 14.5 Å². The summed E-state index contributed by atoms with van der Waals surface area (Å²) in [6.07, 6.45) is 0. The molecule has 2 aliphatic heterocycles. The van der Waals surface area contributed by atoms with E-state index in [4.69, 9.17) is 4.74 Å². The summed E-state index contributed by atoms with van der Waals surface area (Å²) < 4.78 is 6.64. The van der Waals surface area contributed by atoms with Crippen molar-refractivity contribution in [1.82, 2.24) is 0 Å². The zero-order valence-corrected chi connectivity index (χ0v) is 27.4. The van der Waals surface area contributed by atoms with Gasteiger partial charge in [-0.1, -0.05) is 118 Å². The number of anilines is 6. The molecule has 48 heavy (non-hydrogen) atoms. The van der Waals surface area contributed by atoms with Gasteiger partial charge in [0.1, 0.15) is 11.5 Å². The van der Waals surface area contributed by atoms with Gasteiger partial charge in [0, 0.05) is 33.8 Å². The van der Waals surface area contributed by atoms with Crippen molar-refractivity contribution in [2.24, 2.45) is 0 Å². The van der Waals surface area contributed by atoms with Gasteiger partial charge in [-0.25, -0.2) is 0 Å². The maximum absolute atomic E-state index is 6.64. The molecule has 0 aliphatic carbocycles. The normalized spacial score (nSPS) is 13.0. The predicted octanol–water partition coefficient (Wildman–Crippen LogP) is 10.0. The largest absolute Gasteiger partial charge is 0.458 e. The fraction of sp³-hybridized carbons (Fsp3) is 0.0909. The van der Waals surface area contributed by atoms with E-state index in [2.05, 4.69) is 188 Å². The van der Waals surface area contributed by atoms with Crippen molar-refractivity contribution in [2.45, 2.75) is 26.2 Å². The lowest BCUT2D eigenvalue weighted by molar-refractivity contribution is 0.487. The predicted molar refractivity (Wildman–Crippen MR) is 203 cm³/mol. The minimum absolute atomic E-state index is 0.0158. The Hall–Kier alpha value is -5.74. The van der Waals surface area contributed by atoms with Crippen LogP contribution in [0.1, 0.15) is 26.3 Å². The van der Waals surface area contributed by atoms with Gasteiger partial charge in [-0.2, -0.15) is 0 Å². The van der Waals surface area contributed by atoms with Crippen LogP contribution in [0.2, 0.25) is 0 Å². The fourth-order valence-corrected chi connectivity index (χ4v) is 7.63.